The molecule has 1 unspecified atom stereocenters. The molecule has 8 heteroatoms. The van der Waals surface area contributed by atoms with E-state index < -0.39 is 5.97 Å². The molecule has 2 heterocycles. The Labute approximate surface area is 209 Å². The van der Waals surface area contributed by atoms with Crippen LogP contribution in [-0.2, 0) is 11.2 Å². The number of aliphatic carboxylic acids is 1. The second kappa shape index (κ2) is 9.67. The van der Waals surface area contributed by atoms with Crippen LogP contribution in [0.3, 0.4) is 0 Å². The summed E-state index contributed by atoms with van der Waals surface area (Å²) in [5, 5.41) is 29.5. The van der Waals surface area contributed by atoms with Crippen LogP contribution in [0.25, 0.3) is 28.2 Å². The summed E-state index contributed by atoms with van der Waals surface area (Å²) in [6.45, 7) is 2.79. The molecule has 1 aromatic heterocycles. The van der Waals surface area contributed by atoms with Gasteiger partial charge in [-0.25, -0.2) is 9.89 Å². The SMILES string of the molecule is CCC[N+]1(C)N=C(Cc2ccccc2)C(C(=O)O)=C1c1ccc(-c2ccccc2-c2nnn[nH]2)cc1. The van der Waals surface area contributed by atoms with E-state index >= 15 is 0 Å². The van der Waals surface area contributed by atoms with E-state index in [1.54, 1.807) is 0 Å². The van der Waals surface area contributed by atoms with E-state index in [0.717, 1.165) is 39.9 Å². The lowest BCUT2D eigenvalue weighted by Crippen LogP contribution is -2.35. The number of aromatic amines is 1. The molecule has 5 rings (SSSR count). The number of nitrogens with one attached hydrogen (secondary N) is 1. The first-order valence-corrected chi connectivity index (χ1v) is 11.9. The number of tetrazole rings is 1. The molecule has 0 aliphatic carbocycles. The van der Waals surface area contributed by atoms with Crippen molar-refractivity contribution in [3.8, 4) is 22.5 Å². The summed E-state index contributed by atoms with van der Waals surface area (Å²) < 4.78 is 0.208. The van der Waals surface area contributed by atoms with Crippen molar-refractivity contribution in [3.63, 3.8) is 0 Å². The van der Waals surface area contributed by atoms with Gasteiger partial charge in [0.05, 0.1) is 7.05 Å². The van der Waals surface area contributed by atoms with Gasteiger partial charge in [0.25, 0.3) is 0 Å². The quantitative estimate of drug-likeness (QED) is 0.353. The molecule has 3 aromatic carbocycles. The predicted octanol–water partition coefficient (Wildman–Crippen LogP) is 4.80. The molecule has 0 saturated carbocycles. The molecule has 1 aliphatic heterocycles. The molecule has 1 aliphatic rings. The highest BCUT2D eigenvalue weighted by atomic mass is 16.4. The molecule has 1 atom stereocenters. The minimum Gasteiger partial charge on any atom is -0.477 e. The number of quaternary nitrogens is 1. The van der Waals surface area contributed by atoms with Gasteiger partial charge in [0, 0.05) is 17.5 Å². The Bertz CT molecular complexity index is 1440. The van der Waals surface area contributed by atoms with Crippen LogP contribution in [0.2, 0.25) is 0 Å². The Balaban J connectivity index is 1.57. The standard InChI is InChI=1S/C28H26N6O2/c1-3-17-34(2)26(25(28(35)36)24(31-34)18-19-9-5-4-6-10-19)21-15-13-20(14-16-21)22-11-7-8-12-23(22)27-29-32-33-30-27/h4-16H,3,17-18H2,1-2H3,(H-,29,30,31,32,33,35,36)/p+1. The number of carboxylic acids is 1. The molecule has 36 heavy (non-hydrogen) atoms. The molecule has 2 N–H and O–H groups in total. The van der Waals surface area contributed by atoms with E-state index in [1.807, 2.05) is 85.9 Å². The highest BCUT2D eigenvalue weighted by Gasteiger charge is 2.43. The molecule has 180 valence electrons. The van der Waals surface area contributed by atoms with Gasteiger partial charge in [-0.2, -0.15) is 4.59 Å². The summed E-state index contributed by atoms with van der Waals surface area (Å²) in [5.74, 6) is -0.364. The maximum atomic E-state index is 12.6. The highest BCUT2D eigenvalue weighted by molar-refractivity contribution is 6.25. The molecule has 0 radical (unpaired) electrons. The minimum absolute atomic E-state index is 0.208. The molecule has 0 bridgehead atoms. The lowest BCUT2D eigenvalue weighted by Gasteiger charge is -2.26. The Hall–Kier alpha value is -4.43. The second-order valence-electron chi connectivity index (χ2n) is 8.97. The van der Waals surface area contributed by atoms with Gasteiger partial charge in [-0.15, -0.1) is 5.10 Å². The Morgan fingerprint density at radius 1 is 0.917 bits per heavy atom. The summed E-state index contributed by atoms with van der Waals surface area (Å²) in [6, 6.07) is 25.8. The second-order valence-corrected chi connectivity index (χ2v) is 8.97. The number of carbonyl (C=O) groups is 1. The van der Waals surface area contributed by atoms with E-state index in [2.05, 4.69) is 27.5 Å². The average Bonchev–Trinajstić information content (AvgIpc) is 3.52. The van der Waals surface area contributed by atoms with Crippen molar-refractivity contribution in [2.24, 2.45) is 5.10 Å². The summed E-state index contributed by atoms with van der Waals surface area (Å²) in [6.07, 6.45) is 1.34. The molecule has 0 fully saturated rings. The lowest BCUT2D eigenvalue weighted by atomic mass is 9.95. The number of rotatable bonds is 8. The fraction of sp³-hybridized carbons (Fsp3) is 0.179. The van der Waals surface area contributed by atoms with Gasteiger partial charge >= 0.3 is 5.97 Å². The summed E-state index contributed by atoms with van der Waals surface area (Å²) in [7, 11) is 1.99. The zero-order valence-electron chi connectivity index (χ0n) is 20.2. The molecule has 0 spiro atoms. The van der Waals surface area contributed by atoms with Crippen molar-refractivity contribution in [1.82, 2.24) is 20.6 Å². The maximum absolute atomic E-state index is 12.6. The molecule has 0 saturated heterocycles. The fourth-order valence-electron chi connectivity index (χ4n) is 4.92. The Kier molecular flexibility index (Phi) is 6.26. The topological polar surface area (TPSA) is 104 Å². The Morgan fingerprint density at radius 3 is 2.22 bits per heavy atom. The van der Waals surface area contributed by atoms with Gasteiger partial charge in [-0.05, 0) is 45.7 Å². The van der Waals surface area contributed by atoms with E-state index in [1.165, 1.54) is 0 Å². The number of benzene rings is 3. The van der Waals surface area contributed by atoms with E-state index in [4.69, 9.17) is 5.10 Å². The van der Waals surface area contributed by atoms with Gasteiger partial charge < -0.3 is 5.11 Å². The van der Waals surface area contributed by atoms with Crippen LogP contribution in [0.4, 0.5) is 0 Å². The van der Waals surface area contributed by atoms with E-state index in [9.17, 15) is 9.90 Å². The molecule has 4 aromatic rings. The van der Waals surface area contributed by atoms with Crippen molar-refractivity contribution in [2.75, 3.05) is 13.6 Å². The predicted molar refractivity (Wildman–Crippen MR) is 139 cm³/mol. The fourth-order valence-corrected chi connectivity index (χ4v) is 4.92. The van der Waals surface area contributed by atoms with Crippen LogP contribution < -0.4 is 0 Å². The average molecular weight is 480 g/mol. The summed E-state index contributed by atoms with van der Waals surface area (Å²) >= 11 is 0. The summed E-state index contributed by atoms with van der Waals surface area (Å²) in [4.78, 5) is 12.6. The van der Waals surface area contributed by atoms with Crippen molar-refractivity contribution in [3.05, 3.63) is 95.6 Å². The molecular formula is C28H27N6O2+. The van der Waals surface area contributed by atoms with Crippen LogP contribution >= 0.6 is 0 Å². The molecule has 8 nitrogen and oxygen atoms in total. The number of nitrogens with zero attached hydrogens (tertiary/aromatic N) is 5. The monoisotopic (exact) mass is 479 g/mol. The van der Waals surface area contributed by atoms with Crippen molar-refractivity contribution >= 4 is 17.4 Å². The van der Waals surface area contributed by atoms with Gasteiger partial charge in [-0.3, -0.25) is 0 Å². The number of carboxylic acid groups (broad SMARTS) is 1. The van der Waals surface area contributed by atoms with Crippen molar-refractivity contribution < 1.29 is 14.5 Å². The normalized spacial score (nSPS) is 17.3. The third-order valence-electron chi connectivity index (χ3n) is 6.43. The van der Waals surface area contributed by atoms with Gasteiger partial charge in [0.15, 0.2) is 17.1 Å². The zero-order chi connectivity index (χ0) is 25.1. The lowest BCUT2D eigenvalue weighted by molar-refractivity contribution is -0.844. The van der Waals surface area contributed by atoms with Gasteiger partial charge in [-0.1, -0.05) is 78.8 Å². The van der Waals surface area contributed by atoms with Crippen molar-refractivity contribution in [2.45, 2.75) is 19.8 Å². The van der Waals surface area contributed by atoms with Gasteiger partial charge in [0.1, 0.15) is 12.3 Å². The summed E-state index contributed by atoms with van der Waals surface area (Å²) in [5.41, 5.74) is 6.34. The first-order valence-electron chi connectivity index (χ1n) is 11.9. The van der Waals surface area contributed by atoms with E-state index in [-0.39, 0.29) is 10.2 Å². The number of aromatic nitrogens is 4. The van der Waals surface area contributed by atoms with Crippen molar-refractivity contribution in [1.29, 1.82) is 0 Å². The highest BCUT2D eigenvalue weighted by Crippen LogP contribution is 2.38. The van der Waals surface area contributed by atoms with Crippen LogP contribution in [0.1, 0.15) is 24.5 Å². The third-order valence-corrected chi connectivity index (χ3v) is 6.43. The molecule has 0 amide bonds. The number of hydrogen-bond donors (Lipinski definition) is 2. The largest absolute Gasteiger partial charge is 0.477 e. The molecular weight excluding hydrogens is 452 g/mol. The first-order chi connectivity index (χ1) is 17.5. The minimum atomic E-state index is -0.954. The maximum Gasteiger partial charge on any atom is 0.344 e. The smallest absolute Gasteiger partial charge is 0.344 e. The van der Waals surface area contributed by atoms with Crippen LogP contribution in [0, 0.1) is 0 Å². The van der Waals surface area contributed by atoms with E-state index in [0.29, 0.717) is 24.5 Å². The number of hydrogen-bond acceptors (Lipinski definition) is 5. The number of H-pyrrole nitrogens is 1. The van der Waals surface area contributed by atoms with Crippen LogP contribution in [-0.4, -0.2) is 55.6 Å². The Morgan fingerprint density at radius 2 is 1.58 bits per heavy atom. The van der Waals surface area contributed by atoms with Crippen LogP contribution in [0.15, 0.2) is 89.5 Å². The first kappa shape index (κ1) is 23.3. The third kappa shape index (κ3) is 4.34. The van der Waals surface area contributed by atoms with Gasteiger partial charge in [0.2, 0.25) is 0 Å². The zero-order valence-corrected chi connectivity index (χ0v) is 20.2. The van der Waals surface area contributed by atoms with Crippen LogP contribution in [0.5, 0.6) is 0 Å².